The highest BCUT2D eigenvalue weighted by Gasteiger charge is 2.49. The van der Waals surface area contributed by atoms with Crippen LogP contribution in [0.5, 0.6) is 5.75 Å². The molecule has 48 heavy (non-hydrogen) atoms. The molecule has 0 radical (unpaired) electrons. The van der Waals surface area contributed by atoms with Crippen LogP contribution in [0.4, 0.5) is 0 Å². The number of benzene rings is 3. The molecule has 3 fully saturated rings. The highest BCUT2D eigenvalue weighted by atomic mass is 35.5. The molecular weight excluding hydrogens is 669 g/mol. The minimum atomic E-state index is -3.92. The van der Waals surface area contributed by atoms with Gasteiger partial charge in [-0.1, -0.05) is 70.7 Å². The molecule has 2 bridgehead atoms. The Morgan fingerprint density at radius 2 is 1.62 bits per heavy atom. The zero-order valence-electron chi connectivity index (χ0n) is 27.9. The summed E-state index contributed by atoms with van der Waals surface area (Å²) in [5.41, 5.74) is 6.25. The Morgan fingerprint density at radius 3 is 2.23 bits per heavy atom. The van der Waals surface area contributed by atoms with Gasteiger partial charge >= 0.3 is 0 Å². The zero-order chi connectivity index (χ0) is 34.7. The topological polar surface area (TPSA) is 101 Å². The quantitative estimate of drug-likeness (QED) is 0.0970. The molecule has 0 spiro atoms. The van der Waals surface area contributed by atoms with Crippen molar-refractivity contribution in [1.82, 2.24) is 9.55 Å². The predicted octanol–water partition coefficient (Wildman–Crippen LogP) is 7.33. The second-order valence-electron chi connectivity index (χ2n) is 13.4. The zero-order valence-corrected chi connectivity index (χ0v) is 30.2. The molecule has 7 rings (SSSR count). The first-order chi connectivity index (χ1) is 22.7. The first kappa shape index (κ1) is 36.1. The van der Waals surface area contributed by atoms with Crippen LogP contribution in [0.15, 0.2) is 73.1 Å². The molecule has 1 unspecified atom stereocenters. The van der Waals surface area contributed by atoms with Crippen LogP contribution in [0.1, 0.15) is 70.0 Å². The summed E-state index contributed by atoms with van der Waals surface area (Å²) in [4.78, 5) is 18.1. The van der Waals surface area contributed by atoms with Crippen molar-refractivity contribution in [2.45, 2.75) is 57.4 Å². The van der Waals surface area contributed by atoms with Crippen molar-refractivity contribution in [1.29, 1.82) is 0 Å². The molecule has 0 amide bonds. The van der Waals surface area contributed by atoms with E-state index in [1.165, 1.54) is 54.5 Å². The Morgan fingerprint density at radius 1 is 1.00 bits per heavy atom. The van der Waals surface area contributed by atoms with Crippen molar-refractivity contribution in [3.05, 3.63) is 117 Å². The molecule has 0 N–H and O–H groups in total. The molecule has 1 aromatic heterocycles. The highest BCUT2D eigenvalue weighted by molar-refractivity contribution is 7.84. The number of nitrogens with zero attached hydrogens (tertiary/aromatic N) is 3. The van der Waals surface area contributed by atoms with Gasteiger partial charge in [-0.25, -0.2) is 13.4 Å². The summed E-state index contributed by atoms with van der Waals surface area (Å²) in [6.07, 6.45) is 8.92. The summed E-state index contributed by atoms with van der Waals surface area (Å²) >= 11 is 12.8. The van der Waals surface area contributed by atoms with Crippen LogP contribution in [0.3, 0.4) is 0 Å². The third kappa shape index (κ3) is 8.50. The fourth-order valence-electron chi connectivity index (χ4n) is 7.53. The number of hydrogen-bond acceptors (Lipinski definition) is 6. The SMILES string of the molecule is COc1ccccc1C(=O)c1nccn1CC(CC[N+]12CCC(c3cc(C)cc(C)c3)(CC1)CC2)c1ccc(Cl)c(Cl)c1.CS(=O)(=O)[O-]. The van der Waals surface area contributed by atoms with E-state index in [0.717, 1.165) is 18.5 Å². The van der Waals surface area contributed by atoms with E-state index >= 15 is 0 Å². The van der Waals surface area contributed by atoms with Gasteiger partial charge < -0.3 is 18.3 Å². The Kier molecular flexibility index (Phi) is 11.1. The maximum absolute atomic E-state index is 13.6. The normalized spacial score (nSPS) is 20.9. The number of aromatic nitrogens is 2. The number of carbonyl (C=O) groups is 1. The minimum absolute atomic E-state index is 0.146. The van der Waals surface area contributed by atoms with Crippen molar-refractivity contribution >= 4 is 39.1 Å². The van der Waals surface area contributed by atoms with Crippen molar-refractivity contribution in [3.8, 4) is 5.75 Å². The molecule has 4 heterocycles. The summed E-state index contributed by atoms with van der Waals surface area (Å²) in [7, 11) is -2.33. The monoisotopic (exact) mass is 711 g/mol. The number of methoxy groups -OCH3 is 1. The number of para-hydroxylation sites is 1. The average Bonchev–Trinajstić information content (AvgIpc) is 3.52. The average molecular weight is 713 g/mol. The number of ketones is 1. The number of imidazole rings is 1. The van der Waals surface area contributed by atoms with Gasteiger partial charge in [0.25, 0.3) is 0 Å². The number of ether oxygens (including phenoxy) is 1. The van der Waals surface area contributed by atoms with Gasteiger partial charge in [0.1, 0.15) is 5.75 Å². The molecule has 0 aliphatic carbocycles. The molecular formula is C37H43Cl2N3O5S. The first-order valence-electron chi connectivity index (χ1n) is 16.2. The van der Waals surface area contributed by atoms with Crippen LogP contribution in [0, 0.1) is 13.8 Å². The Labute approximate surface area is 294 Å². The summed E-state index contributed by atoms with van der Waals surface area (Å²) in [6, 6.07) is 20.4. The van der Waals surface area contributed by atoms with Crippen molar-refractivity contribution in [2.24, 2.45) is 0 Å². The number of hydrogen-bond donors (Lipinski definition) is 0. The third-order valence-electron chi connectivity index (χ3n) is 10.1. The Hall–Kier alpha value is -3.21. The first-order valence-corrected chi connectivity index (χ1v) is 18.8. The van der Waals surface area contributed by atoms with E-state index in [1.54, 1.807) is 31.0 Å². The van der Waals surface area contributed by atoms with Gasteiger partial charge in [-0.3, -0.25) is 4.79 Å². The number of aryl methyl sites for hydroxylation is 2. The van der Waals surface area contributed by atoms with Crippen LogP contribution in [-0.4, -0.2) is 72.3 Å². The van der Waals surface area contributed by atoms with Crippen LogP contribution in [0.25, 0.3) is 0 Å². The van der Waals surface area contributed by atoms with Gasteiger partial charge in [0.2, 0.25) is 5.78 Å². The third-order valence-corrected chi connectivity index (χ3v) is 10.8. The van der Waals surface area contributed by atoms with E-state index in [9.17, 15) is 4.79 Å². The number of quaternary nitrogens is 1. The van der Waals surface area contributed by atoms with E-state index < -0.39 is 10.1 Å². The number of piperidine rings is 3. The molecule has 3 saturated heterocycles. The molecule has 3 aliphatic rings. The number of fused-ring (bicyclic) bond motifs is 3. The van der Waals surface area contributed by atoms with Crippen molar-refractivity contribution in [3.63, 3.8) is 0 Å². The predicted molar refractivity (Wildman–Crippen MR) is 189 cm³/mol. The number of halogens is 2. The summed E-state index contributed by atoms with van der Waals surface area (Å²) in [6.45, 7) is 9.80. The van der Waals surface area contributed by atoms with Gasteiger partial charge in [0, 0.05) is 62.2 Å². The molecule has 3 aromatic carbocycles. The standard InChI is InChI=1S/C36H40Cl2N3O2.CH4O3S/c1-25-20-26(2)22-29(21-25)36-11-17-41(18-12-36,19-13-36)16-10-28(27-8-9-31(37)32(38)23-27)24-40-15-14-39-35(40)34(42)30-6-4-5-7-33(30)43-3;1-5(2,3)4/h4-9,14-15,20-23,28H,10-13,16-19,24H2,1-3H3;1H3,(H,2,3,4)/q+1;/p-1. The number of rotatable bonds is 10. The Bertz CT molecular complexity index is 1840. The second-order valence-corrected chi connectivity index (χ2v) is 15.7. The molecule has 11 heteroatoms. The fraction of sp³-hybridized carbons (Fsp3) is 0.405. The second kappa shape index (κ2) is 14.7. The summed E-state index contributed by atoms with van der Waals surface area (Å²) in [5, 5.41) is 1.11. The highest BCUT2D eigenvalue weighted by Crippen LogP contribution is 2.47. The van der Waals surface area contributed by atoms with Crippen LogP contribution in [0.2, 0.25) is 10.0 Å². The van der Waals surface area contributed by atoms with E-state index in [1.807, 2.05) is 35.0 Å². The van der Waals surface area contributed by atoms with Crippen molar-refractivity contribution in [2.75, 3.05) is 39.5 Å². The molecule has 8 nitrogen and oxygen atoms in total. The summed E-state index contributed by atoms with van der Waals surface area (Å²) < 4.78 is 35.9. The van der Waals surface area contributed by atoms with Gasteiger partial charge in [0.05, 0.1) is 59.0 Å². The molecule has 0 saturated carbocycles. The molecule has 1 atom stereocenters. The molecule has 3 aliphatic heterocycles. The Balaban J connectivity index is 0.000000840. The van der Waals surface area contributed by atoms with Gasteiger partial charge in [-0.05, 0) is 49.2 Å². The van der Waals surface area contributed by atoms with E-state index in [2.05, 4.69) is 43.1 Å². The van der Waals surface area contributed by atoms with Crippen LogP contribution >= 0.6 is 23.2 Å². The van der Waals surface area contributed by atoms with E-state index in [0.29, 0.717) is 45.4 Å². The van der Waals surface area contributed by atoms with Gasteiger partial charge in [-0.2, -0.15) is 0 Å². The molecule has 256 valence electrons. The lowest BCUT2D eigenvalue weighted by molar-refractivity contribution is -0.943. The molecule has 4 aromatic rings. The van der Waals surface area contributed by atoms with E-state index in [4.69, 9.17) is 40.9 Å². The maximum Gasteiger partial charge on any atom is 0.232 e. The maximum atomic E-state index is 13.6. The lowest BCUT2D eigenvalue weighted by Gasteiger charge is -2.55. The van der Waals surface area contributed by atoms with E-state index in [-0.39, 0.29) is 11.7 Å². The van der Waals surface area contributed by atoms with Crippen LogP contribution in [-0.2, 0) is 22.1 Å². The number of carbonyl (C=O) groups excluding carboxylic acids is 1. The minimum Gasteiger partial charge on any atom is -0.748 e. The van der Waals surface area contributed by atoms with Crippen LogP contribution < -0.4 is 4.74 Å². The van der Waals surface area contributed by atoms with Gasteiger partial charge in [0.15, 0.2) is 5.82 Å². The fourth-order valence-corrected chi connectivity index (χ4v) is 7.83. The lowest BCUT2D eigenvalue weighted by atomic mass is 9.66. The smallest absolute Gasteiger partial charge is 0.232 e. The largest absolute Gasteiger partial charge is 0.748 e. The van der Waals surface area contributed by atoms with Gasteiger partial charge in [-0.15, -0.1) is 0 Å². The lowest BCUT2D eigenvalue weighted by Crippen LogP contribution is -2.63. The van der Waals surface area contributed by atoms with Crippen molar-refractivity contribution < 1.29 is 27.0 Å². The summed E-state index contributed by atoms with van der Waals surface area (Å²) in [5.74, 6) is 0.961.